The first-order valence-corrected chi connectivity index (χ1v) is 5.69. The van der Waals surface area contributed by atoms with Crippen LogP contribution in [0.5, 0.6) is 0 Å². The molecule has 0 aromatic carbocycles. The van der Waals surface area contributed by atoms with Crippen molar-refractivity contribution in [3.8, 4) is 0 Å². The lowest BCUT2D eigenvalue weighted by molar-refractivity contribution is 0.183. The summed E-state index contributed by atoms with van der Waals surface area (Å²) >= 11 is 0. The molecule has 0 aliphatic heterocycles. The minimum Gasteiger partial charge on any atom is -0.302 e. The van der Waals surface area contributed by atoms with Crippen LogP contribution in [0.3, 0.4) is 0 Å². The highest BCUT2D eigenvalue weighted by Gasteiger charge is 2.40. The van der Waals surface area contributed by atoms with Gasteiger partial charge in [0.25, 0.3) is 0 Å². The summed E-state index contributed by atoms with van der Waals surface area (Å²) in [6.07, 6.45) is 4.55. The summed E-state index contributed by atoms with van der Waals surface area (Å²) in [4.78, 5) is 2.53. The summed E-state index contributed by atoms with van der Waals surface area (Å²) < 4.78 is 0. The third-order valence-electron chi connectivity index (χ3n) is 3.25. The van der Waals surface area contributed by atoms with Crippen LogP contribution in [0.15, 0.2) is 0 Å². The lowest BCUT2D eigenvalue weighted by Crippen LogP contribution is -2.44. The molecule has 2 nitrogen and oxygen atoms in total. The zero-order valence-corrected chi connectivity index (χ0v) is 9.51. The topological polar surface area (TPSA) is 15.3 Å². The van der Waals surface area contributed by atoms with Gasteiger partial charge in [-0.1, -0.05) is 27.2 Å². The molecule has 1 aliphatic rings. The van der Waals surface area contributed by atoms with Crippen LogP contribution in [0, 0.1) is 5.92 Å². The minimum absolute atomic E-state index is 0.589. The standard InChI is InChI=1S/C11H24N2/c1-5-9-8-10(9)13(4)11(6-2)12-7-3/h9-12H,5-8H2,1-4H3/t9?,10?,11-/m1/s1. The maximum absolute atomic E-state index is 3.52. The van der Waals surface area contributed by atoms with Crippen LogP contribution in [0.2, 0.25) is 0 Å². The number of hydrogen-bond acceptors (Lipinski definition) is 2. The third kappa shape index (κ3) is 2.68. The van der Waals surface area contributed by atoms with E-state index in [0.29, 0.717) is 6.17 Å². The normalized spacial score (nSPS) is 29.3. The van der Waals surface area contributed by atoms with Gasteiger partial charge in [-0.3, -0.25) is 4.90 Å². The fourth-order valence-corrected chi connectivity index (χ4v) is 2.21. The Morgan fingerprint density at radius 3 is 2.46 bits per heavy atom. The van der Waals surface area contributed by atoms with Crippen LogP contribution < -0.4 is 5.32 Å². The largest absolute Gasteiger partial charge is 0.302 e. The average molecular weight is 184 g/mol. The Balaban J connectivity index is 2.32. The maximum Gasteiger partial charge on any atom is 0.0594 e. The highest BCUT2D eigenvalue weighted by atomic mass is 15.3. The Hall–Kier alpha value is -0.0800. The van der Waals surface area contributed by atoms with Crippen molar-refractivity contribution in [2.24, 2.45) is 5.92 Å². The van der Waals surface area contributed by atoms with Gasteiger partial charge in [-0.15, -0.1) is 0 Å². The fourth-order valence-electron chi connectivity index (χ4n) is 2.21. The van der Waals surface area contributed by atoms with Crippen LogP contribution in [-0.2, 0) is 0 Å². The molecule has 0 heterocycles. The number of hydrogen-bond donors (Lipinski definition) is 1. The minimum atomic E-state index is 0.589. The molecule has 13 heavy (non-hydrogen) atoms. The van der Waals surface area contributed by atoms with Gasteiger partial charge in [0.05, 0.1) is 6.17 Å². The molecule has 1 rings (SSSR count). The van der Waals surface area contributed by atoms with Gasteiger partial charge in [0, 0.05) is 6.04 Å². The monoisotopic (exact) mass is 184 g/mol. The van der Waals surface area contributed by atoms with Gasteiger partial charge in [0.15, 0.2) is 0 Å². The van der Waals surface area contributed by atoms with Crippen LogP contribution in [-0.4, -0.2) is 30.7 Å². The fraction of sp³-hybridized carbons (Fsp3) is 1.00. The second-order valence-electron chi connectivity index (χ2n) is 4.12. The zero-order chi connectivity index (χ0) is 9.84. The lowest BCUT2D eigenvalue weighted by Gasteiger charge is -2.28. The Bertz CT molecular complexity index is 147. The van der Waals surface area contributed by atoms with Crippen LogP contribution in [0.4, 0.5) is 0 Å². The summed E-state index contributed by atoms with van der Waals surface area (Å²) in [5, 5.41) is 3.52. The van der Waals surface area contributed by atoms with Gasteiger partial charge in [-0.25, -0.2) is 0 Å². The smallest absolute Gasteiger partial charge is 0.0594 e. The first-order valence-electron chi connectivity index (χ1n) is 5.69. The van der Waals surface area contributed by atoms with Crippen molar-refractivity contribution in [3.63, 3.8) is 0 Å². The second kappa shape index (κ2) is 4.97. The molecular weight excluding hydrogens is 160 g/mol. The lowest BCUT2D eigenvalue weighted by atomic mass is 10.2. The van der Waals surface area contributed by atoms with E-state index in [1.165, 1.54) is 19.3 Å². The molecule has 0 radical (unpaired) electrons. The quantitative estimate of drug-likeness (QED) is 0.636. The molecular formula is C11H24N2. The van der Waals surface area contributed by atoms with Crippen molar-refractivity contribution in [2.75, 3.05) is 13.6 Å². The summed E-state index contributed by atoms with van der Waals surface area (Å²) in [6.45, 7) is 7.81. The summed E-state index contributed by atoms with van der Waals surface area (Å²) in [6, 6.07) is 0.856. The molecule has 1 saturated carbocycles. The van der Waals surface area contributed by atoms with Crippen LogP contribution >= 0.6 is 0 Å². The molecule has 2 unspecified atom stereocenters. The third-order valence-corrected chi connectivity index (χ3v) is 3.25. The predicted molar refractivity (Wildman–Crippen MR) is 57.7 cm³/mol. The maximum atomic E-state index is 3.52. The van der Waals surface area contributed by atoms with E-state index in [4.69, 9.17) is 0 Å². The van der Waals surface area contributed by atoms with Gasteiger partial charge < -0.3 is 5.32 Å². The van der Waals surface area contributed by atoms with Crippen molar-refractivity contribution in [3.05, 3.63) is 0 Å². The van der Waals surface area contributed by atoms with Crippen molar-refractivity contribution < 1.29 is 0 Å². The molecule has 1 aliphatic carbocycles. The first kappa shape index (κ1) is 11.0. The Kier molecular flexibility index (Phi) is 4.20. The van der Waals surface area contributed by atoms with Crippen molar-refractivity contribution >= 4 is 0 Å². The predicted octanol–water partition coefficient (Wildman–Crippen LogP) is 2.06. The molecule has 0 saturated heterocycles. The molecule has 0 spiro atoms. The average Bonchev–Trinajstić information content (AvgIpc) is 2.92. The van der Waals surface area contributed by atoms with E-state index in [1.807, 2.05) is 0 Å². The zero-order valence-electron chi connectivity index (χ0n) is 9.51. The summed E-state index contributed by atoms with van der Waals surface area (Å²) in [5.74, 6) is 0.970. The number of rotatable bonds is 6. The van der Waals surface area contributed by atoms with E-state index < -0.39 is 0 Å². The molecule has 0 bridgehead atoms. The van der Waals surface area contributed by atoms with Crippen LogP contribution in [0.1, 0.15) is 40.0 Å². The van der Waals surface area contributed by atoms with Gasteiger partial charge >= 0.3 is 0 Å². The van der Waals surface area contributed by atoms with E-state index in [9.17, 15) is 0 Å². The molecule has 0 aromatic heterocycles. The Labute approximate surface area is 82.7 Å². The summed E-state index contributed by atoms with van der Waals surface area (Å²) in [7, 11) is 2.26. The van der Waals surface area contributed by atoms with Crippen molar-refractivity contribution in [2.45, 2.75) is 52.2 Å². The Morgan fingerprint density at radius 1 is 1.38 bits per heavy atom. The molecule has 0 aromatic rings. The first-order chi connectivity index (χ1) is 6.24. The van der Waals surface area contributed by atoms with Gasteiger partial charge in [-0.2, -0.15) is 0 Å². The molecule has 2 heteroatoms. The SMILES string of the molecule is CCN[C@@H](CC)N(C)C1CC1CC. The van der Waals surface area contributed by atoms with E-state index in [-0.39, 0.29) is 0 Å². The number of nitrogens with zero attached hydrogens (tertiary/aromatic N) is 1. The molecule has 1 fully saturated rings. The van der Waals surface area contributed by atoms with Gasteiger partial charge in [0.1, 0.15) is 0 Å². The highest BCUT2D eigenvalue weighted by molar-refractivity contribution is 4.94. The van der Waals surface area contributed by atoms with Crippen molar-refractivity contribution in [1.29, 1.82) is 0 Å². The molecule has 78 valence electrons. The van der Waals surface area contributed by atoms with Crippen molar-refractivity contribution in [1.82, 2.24) is 10.2 Å². The number of nitrogens with one attached hydrogen (secondary N) is 1. The summed E-state index contributed by atoms with van der Waals surface area (Å²) in [5.41, 5.74) is 0. The Morgan fingerprint density at radius 2 is 2.08 bits per heavy atom. The van der Waals surface area contributed by atoms with E-state index >= 15 is 0 Å². The van der Waals surface area contributed by atoms with E-state index in [2.05, 4.69) is 38.0 Å². The molecule has 1 N–H and O–H groups in total. The van der Waals surface area contributed by atoms with Crippen LogP contribution in [0.25, 0.3) is 0 Å². The molecule has 0 amide bonds. The van der Waals surface area contributed by atoms with Gasteiger partial charge in [0.2, 0.25) is 0 Å². The second-order valence-corrected chi connectivity index (χ2v) is 4.12. The van der Waals surface area contributed by atoms with E-state index in [1.54, 1.807) is 0 Å². The molecule has 3 atom stereocenters. The van der Waals surface area contributed by atoms with Gasteiger partial charge in [-0.05, 0) is 32.4 Å². The highest BCUT2D eigenvalue weighted by Crippen LogP contribution is 2.38. The van der Waals surface area contributed by atoms with E-state index in [0.717, 1.165) is 18.5 Å².